The van der Waals surface area contributed by atoms with E-state index in [0.717, 1.165) is 31.5 Å². The Kier molecular flexibility index (Phi) is 4.65. The van der Waals surface area contributed by atoms with E-state index in [2.05, 4.69) is 26.0 Å². The molecule has 2 N–H and O–H groups in total. The SMILES string of the molecule is O=C(Cn1nnc(-c2ccc(Cl)cc2)n1)NC1CCCNC1. The molecule has 1 aromatic heterocycles. The van der Waals surface area contributed by atoms with Crippen molar-refractivity contribution in [3.05, 3.63) is 29.3 Å². The van der Waals surface area contributed by atoms with Crippen LogP contribution in [0.3, 0.4) is 0 Å². The van der Waals surface area contributed by atoms with Crippen LogP contribution in [0.2, 0.25) is 5.02 Å². The molecule has 0 saturated carbocycles. The molecule has 1 amide bonds. The highest BCUT2D eigenvalue weighted by Crippen LogP contribution is 2.16. The van der Waals surface area contributed by atoms with Gasteiger partial charge in [0.15, 0.2) is 0 Å². The van der Waals surface area contributed by atoms with Crippen molar-refractivity contribution in [2.45, 2.75) is 25.4 Å². The van der Waals surface area contributed by atoms with Crippen LogP contribution in [0.25, 0.3) is 11.4 Å². The molecule has 1 saturated heterocycles. The number of rotatable bonds is 4. The predicted octanol–water partition coefficient (Wildman–Crippen LogP) is 0.862. The lowest BCUT2D eigenvalue weighted by molar-refractivity contribution is -0.122. The summed E-state index contributed by atoms with van der Waals surface area (Å²) in [6.45, 7) is 1.89. The lowest BCUT2D eigenvalue weighted by atomic mass is 10.1. The zero-order valence-corrected chi connectivity index (χ0v) is 12.8. The van der Waals surface area contributed by atoms with Crippen molar-refractivity contribution in [2.75, 3.05) is 13.1 Å². The van der Waals surface area contributed by atoms with Gasteiger partial charge < -0.3 is 10.6 Å². The number of amides is 1. The van der Waals surface area contributed by atoms with Gasteiger partial charge in [-0.2, -0.15) is 4.80 Å². The Hall–Kier alpha value is -1.99. The predicted molar refractivity (Wildman–Crippen MR) is 82.3 cm³/mol. The minimum absolute atomic E-state index is 0.0666. The fraction of sp³-hybridized carbons (Fsp3) is 0.429. The van der Waals surface area contributed by atoms with Gasteiger partial charge in [-0.15, -0.1) is 10.2 Å². The summed E-state index contributed by atoms with van der Waals surface area (Å²) in [4.78, 5) is 13.3. The number of carbonyl (C=O) groups is 1. The third-order valence-electron chi connectivity index (χ3n) is 3.50. The first-order chi connectivity index (χ1) is 10.7. The van der Waals surface area contributed by atoms with Crippen LogP contribution in [0.5, 0.6) is 0 Å². The molecule has 0 bridgehead atoms. The van der Waals surface area contributed by atoms with Crippen molar-refractivity contribution in [3.63, 3.8) is 0 Å². The number of piperidine rings is 1. The lowest BCUT2D eigenvalue weighted by Crippen LogP contribution is -2.46. The minimum Gasteiger partial charge on any atom is -0.350 e. The normalized spacial score (nSPS) is 18.1. The van der Waals surface area contributed by atoms with Gasteiger partial charge in [-0.05, 0) is 48.9 Å². The maximum atomic E-state index is 12.0. The van der Waals surface area contributed by atoms with Crippen molar-refractivity contribution in [1.82, 2.24) is 30.8 Å². The van der Waals surface area contributed by atoms with E-state index in [1.165, 1.54) is 4.80 Å². The molecule has 1 aliphatic heterocycles. The molecule has 1 fully saturated rings. The smallest absolute Gasteiger partial charge is 0.243 e. The number of benzene rings is 1. The Labute approximate surface area is 133 Å². The van der Waals surface area contributed by atoms with Crippen molar-refractivity contribution >= 4 is 17.5 Å². The van der Waals surface area contributed by atoms with Crippen molar-refractivity contribution in [2.24, 2.45) is 0 Å². The van der Waals surface area contributed by atoms with Crippen LogP contribution in [0.15, 0.2) is 24.3 Å². The third kappa shape index (κ3) is 3.80. The monoisotopic (exact) mass is 320 g/mol. The summed E-state index contributed by atoms with van der Waals surface area (Å²) in [5.74, 6) is 0.373. The first-order valence-electron chi connectivity index (χ1n) is 7.24. The quantitative estimate of drug-likeness (QED) is 0.873. The summed E-state index contributed by atoms with van der Waals surface area (Å²) in [6, 6.07) is 7.34. The number of tetrazole rings is 1. The summed E-state index contributed by atoms with van der Waals surface area (Å²) in [6.07, 6.45) is 2.08. The zero-order valence-electron chi connectivity index (χ0n) is 12.0. The van der Waals surface area contributed by atoms with E-state index in [1.54, 1.807) is 12.1 Å². The Balaban J connectivity index is 1.59. The van der Waals surface area contributed by atoms with Crippen LogP contribution >= 0.6 is 11.6 Å². The molecule has 22 heavy (non-hydrogen) atoms. The summed E-state index contributed by atoms with van der Waals surface area (Å²) >= 11 is 5.85. The molecule has 2 aromatic rings. The van der Waals surface area contributed by atoms with E-state index < -0.39 is 0 Å². The lowest BCUT2D eigenvalue weighted by Gasteiger charge is -2.23. The molecule has 0 spiro atoms. The second-order valence-corrected chi connectivity index (χ2v) is 5.70. The minimum atomic E-state index is -0.103. The molecule has 0 aliphatic carbocycles. The molecule has 1 aliphatic rings. The topological polar surface area (TPSA) is 84.7 Å². The van der Waals surface area contributed by atoms with E-state index in [1.807, 2.05) is 12.1 Å². The van der Waals surface area contributed by atoms with Crippen LogP contribution in [-0.2, 0) is 11.3 Å². The first kappa shape index (κ1) is 14.9. The second kappa shape index (κ2) is 6.85. The summed E-state index contributed by atoms with van der Waals surface area (Å²) < 4.78 is 0. The molecule has 116 valence electrons. The van der Waals surface area contributed by atoms with Crippen LogP contribution < -0.4 is 10.6 Å². The highest BCUT2D eigenvalue weighted by molar-refractivity contribution is 6.30. The van der Waals surface area contributed by atoms with Crippen LogP contribution in [0, 0.1) is 0 Å². The third-order valence-corrected chi connectivity index (χ3v) is 3.75. The summed E-state index contributed by atoms with van der Waals surface area (Å²) in [5.41, 5.74) is 0.813. The molecular weight excluding hydrogens is 304 g/mol. The van der Waals surface area contributed by atoms with Gasteiger partial charge in [0.05, 0.1) is 0 Å². The Morgan fingerprint density at radius 3 is 2.95 bits per heavy atom. The number of aromatic nitrogens is 4. The molecule has 2 heterocycles. The van der Waals surface area contributed by atoms with E-state index in [9.17, 15) is 4.79 Å². The summed E-state index contributed by atoms with van der Waals surface area (Å²) in [7, 11) is 0. The molecule has 0 radical (unpaired) electrons. The standard InChI is InChI=1S/C14H17ClN6O/c15-11-5-3-10(4-6-11)14-18-20-21(19-14)9-13(22)17-12-2-1-7-16-8-12/h3-6,12,16H,1-2,7-9H2,(H,17,22). The largest absolute Gasteiger partial charge is 0.350 e. The Morgan fingerprint density at radius 2 is 2.23 bits per heavy atom. The molecule has 1 aromatic carbocycles. The van der Waals surface area contributed by atoms with Gasteiger partial charge in [-0.25, -0.2) is 0 Å². The maximum absolute atomic E-state index is 12.0. The van der Waals surface area contributed by atoms with Crippen molar-refractivity contribution in [3.8, 4) is 11.4 Å². The van der Waals surface area contributed by atoms with Gasteiger partial charge in [0, 0.05) is 23.2 Å². The average Bonchev–Trinajstić information content (AvgIpc) is 2.97. The van der Waals surface area contributed by atoms with E-state index in [-0.39, 0.29) is 18.5 Å². The molecule has 3 rings (SSSR count). The number of nitrogens with one attached hydrogen (secondary N) is 2. The van der Waals surface area contributed by atoms with E-state index in [4.69, 9.17) is 11.6 Å². The van der Waals surface area contributed by atoms with E-state index >= 15 is 0 Å². The Bertz CT molecular complexity index is 635. The zero-order chi connectivity index (χ0) is 15.4. The summed E-state index contributed by atoms with van der Waals surface area (Å²) in [5, 5.41) is 19.0. The fourth-order valence-corrected chi connectivity index (χ4v) is 2.53. The Morgan fingerprint density at radius 1 is 1.41 bits per heavy atom. The van der Waals surface area contributed by atoms with E-state index in [0.29, 0.717) is 10.8 Å². The van der Waals surface area contributed by atoms with Crippen LogP contribution in [0.4, 0.5) is 0 Å². The van der Waals surface area contributed by atoms with Crippen molar-refractivity contribution < 1.29 is 4.79 Å². The molecule has 8 heteroatoms. The average molecular weight is 321 g/mol. The van der Waals surface area contributed by atoms with Crippen LogP contribution in [0.1, 0.15) is 12.8 Å². The highest BCUT2D eigenvalue weighted by atomic mass is 35.5. The number of nitrogens with zero attached hydrogens (tertiary/aromatic N) is 4. The first-order valence-corrected chi connectivity index (χ1v) is 7.62. The van der Waals surface area contributed by atoms with Gasteiger partial charge in [0.25, 0.3) is 0 Å². The van der Waals surface area contributed by atoms with Gasteiger partial charge in [-0.3, -0.25) is 4.79 Å². The van der Waals surface area contributed by atoms with Gasteiger partial charge in [0.1, 0.15) is 6.54 Å². The maximum Gasteiger partial charge on any atom is 0.243 e. The van der Waals surface area contributed by atoms with Gasteiger partial charge >= 0.3 is 0 Å². The highest BCUT2D eigenvalue weighted by Gasteiger charge is 2.16. The second-order valence-electron chi connectivity index (χ2n) is 5.26. The van der Waals surface area contributed by atoms with Crippen LogP contribution in [-0.4, -0.2) is 45.2 Å². The number of hydrogen-bond acceptors (Lipinski definition) is 5. The van der Waals surface area contributed by atoms with Gasteiger partial charge in [0.2, 0.25) is 11.7 Å². The number of carbonyl (C=O) groups excluding carboxylic acids is 1. The van der Waals surface area contributed by atoms with Gasteiger partial charge in [-0.1, -0.05) is 11.6 Å². The molecular formula is C14H17ClN6O. The molecule has 1 atom stereocenters. The number of hydrogen-bond donors (Lipinski definition) is 2. The number of halogens is 1. The molecule has 1 unspecified atom stereocenters. The fourth-order valence-electron chi connectivity index (χ4n) is 2.40. The van der Waals surface area contributed by atoms with Crippen molar-refractivity contribution in [1.29, 1.82) is 0 Å². The molecule has 7 nitrogen and oxygen atoms in total.